The zero-order valence-corrected chi connectivity index (χ0v) is 19.1. The van der Waals surface area contributed by atoms with E-state index in [2.05, 4.69) is 20.8 Å². The van der Waals surface area contributed by atoms with Gasteiger partial charge in [-0.15, -0.1) is 0 Å². The third kappa shape index (κ3) is 119000. The first-order valence-corrected chi connectivity index (χ1v) is 8.49. The maximum absolute atomic E-state index is 11.7. The Kier molecular flexibility index (Phi) is 19.7. The molecule has 0 aliphatic heterocycles. The van der Waals surface area contributed by atoms with Crippen molar-refractivity contribution >= 4 is 0 Å². The van der Waals surface area contributed by atoms with E-state index in [0.717, 1.165) is 5.92 Å². The summed E-state index contributed by atoms with van der Waals surface area (Å²) in [5.41, 5.74) is -4.00. The van der Waals surface area contributed by atoms with Crippen LogP contribution in [0.4, 0.5) is 17.6 Å². The Balaban J connectivity index is -0.0000000286. The van der Waals surface area contributed by atoms with E-state index >= 15 is 0 Å². The van der Waals surface area contributed by atoms with Crippen LogP contribution < -0.4 is 0 Å². The van der Waals surface area contributed by atoms with Gasteiger partial charge in [-0.3, -0.25) is 0 Å². The van der Waals surface area contributed by atoms with Gasteiger partial charge in [0.1, 0.15) is 22.7 Å². The number of halogens is 4. The molecular formula is C20H50F4-2. The van der Waals surface area contributed by atoms with Crippen LogP contribution in [0.5, 0.6) is 0 Å². The van der Waals surface area contributed by atoms with Crippen molar-refractivity contribution in [3.63, 3.8) is 0 Å². The monoisotopic (exact) mass is 370 g/mol. The third-order valence-electron chi connectivity index (χ3n) is 0. The van der Waals surface area contributed by atoms with Crippen molar-refractivity contribution in [2.24, 2.45) is 5.92 Å². The van der Waals surface area contributed by atoms with E-state index in [1.54, 1.807) is 0 Å². The van der Waals surface area contributed by atoms with Gasteiger partial charge in [0, 0.05) is 2.97 Å². The minimum Gasteiger partial charge on any atom is -1.00 e. The van der Waals surface area contributed by atoms with Crippen LogP contribution in [0.1, 0.15) is 110 Å². The second-order valence-corrected chi connectivity index (χ2v) is 10.00. The number of hydrogen-bond acceptors (Lipinski definition) is 0. The molecule has 0 aromatic carbocycles. The minimum absolute atomic E-state index is 0. The molecule has 24 heavy (non-hydrogen) atoms. The van der Waals surface area contributed by atoms with Crippen molar-refractivity contribution in [1.82, 2.24) is 0 Å². The Morgan fingerprint density at radius 3 is 0.500 bits per heavy atom. The average molecular weight is 371 g/mol. The van der Waals surface area contributed by atoms with E-state index in [1.165, 1.54) is 83.1 Å². The van der Waals surface area contributed by atoms with Crippen LogP contribution in [-0.4, -0.2) is 22.7 Å². The van der Waals surface area contributed by atoms with Gasteiger partial charge in [-0.2, -0.15) is 0 Å². The molecule has 0 nitrogen and oxygen atoms in total. The van der Waals surface area contributed by atoms with Crippen molar-refractivity contribution in [1.29, 1.82) is 0 Å². The molecule has 0 radical (unpaired) electrons. The van der Waals surface area contributed by atoms with Gasteiger partial charge in [0.05, 0.1) is 0 Å². The van der Waals surface area contributed by atoms with Crippen molar-refractivity contribution in [2.75, 3.05) is 0 Å². The minimum atomic E-state index is -1.00. The summed E-state index contributed by atoms with van der Waals surface area (Å²) in [7, 11) is 0. The fraction of sp³-hybridized carbons (Fsp3) is 1.00. The van der Waals surface area contributed by atoms with Gasteiger partial charge in [-0.1, -0.05) is 20.8 Å². The molecule has 0 aromatic heterocycles. The molecule has 0 aliphatic rings. The number of alkyl halides is 4. The molecule has 0 aliphatic carbocycles. The van der Waals surface area contributed by atoms with Crippen LogP contribution in [0.2, 0.25) is 0 Å². The highest BCUT2D eigenvalue weighted by atomic mass is 19.2. The SMILES string of the molecule is CC(C)(C)F.CC(C)(C)F.CC(C)(C)F.CC(C)(C)F.CC(C)C.[2H-].[2H-].[2H][2H]. The smallest absolute Gasteiger partial charge is 0.102 e. The summed E-state index contributed by atoms with van der Waals surface area (Å²) in [6.45, 7) is 24.8. The Labute approximate surface area is 156 Å². The van der Waals surface area contributed by atoms with Gasteiger partial charge >= 0.3 is 0 Å². The molecule has 0 saturated heterocycles. The number of rotatable bonds is 0. The summed E-state index contributed by atoms with van der Waals surface area (Å²) >= 11 is 0. The van der Waals surface area contributed by atoms with Gasteiger partial charge in [0.15, 0.2) is 0 Å². The lowest BCUT2D eigenvalue weighted by Crippen LogP contribution is -2.01. The van der Waals surface area contributed by atoms with Crippen LogP contribution in [0.15, 0.2) is 0 Å². The van der Waals surface area contributed by atoms with Crippen LogP contribution in [0, 0.1) is 5.92 Å². The van der Waals surface area contributed by atoms with E-state index in [1.807, 2.05) is 0 Å². The normalized spacial score (nSPS) is 11.8. The first-order chi connectivity index (χ1) is 10.7. The average Bonchev–Trinajstić information content (AvgIpc) is 2.06. The molecule has 0 heterocycles. The van der Waals surface area contributed by atoms with E-state index < -0.39 is 22.7 Å². The zero-order valence-electron chi connectivity index (χ0n) is 23.1. The third-order valence-corrected chi connectivity index (χ3v) is 0. The molecule has 0 saturated carbocycles. The van der Waals surface area contributed by atoms with Gasteiger partial charge in [-0.25, -0.2) is 17.6 Å². The van der Waals surface area contributed by atoms with E-state index in [-0.39, 0.29) is 2.85 Å². The Morgan fingerprint density at radius 1 is 0.500 bits per heavy atom. The lowest BCUT2D eigenvalue weighted by Gasteiger charge is -1.99. The van der Waals surface area contributed by atoms with Gasteiger partial charge in [0.25, 0.3) is 0 Å². The molecule has 0 N–H and O–H groups in total. The highest BCUT2D eigenvalue weighted by Crippen LogP contribution is 2.04. The second kappa shape index (κ2) is 15.0. The first kappa shape index (κ1) is 31.5. The molecule has 0 amide bonds. The summed E-state index contributed by atoms with van der Waals surface area (Å²) in [5, 5.41) is 0. The maximum atomic E-state index is 11.7. The number of hydrogen-bond donors (Lipinski definition) is 0. The molecule has 0 aromatic rings. The van der Waals surface area contributed by atoms with Crippen LogP contribution in [0.3, 0.4) is 0 Å². The largest absolute Gasteiger partial charge is 1.00 e. The molecule has 0 bridgehead atoms. The lowest BCUT2D eigenvalue weighted by atomic mass is 10.2. The Hall–Kier alpha value is -0.280. The highest BCUT2D eigenvalue weighted by molar-refractivity contribution is 4.53. The van der Waals surface area contributed by atoms with E-state index in [0.29, 0.717) is 0 Å². The maximum Gasteiger partial charge on any atom is 0.102 e. The molecule has 4 heteroatoms. The molecule has 0 spiro atoms. The van der Waals surface area contributed by atoms with Crippen molar-refractivity contribution in [3.05, 3.63) is 0 Å². The molecular weight excluding hydrogens is 316 g/mol. The zero-order chi connectivity index (χ0) is 23.6. The van der Waals surface area contributed by atoms with Crippen molar-refractivity contribution in [3.8, 4) is 0 Å². The van der Waals surface area contributed by atoms with Gasteiger partial charge < -0.3 is 2.85 Å². The second-order valence-electron chi connectivity index (χ2n) is 10.00. The molecule has 160 valence electrons. The summed E-state index contributed by atoms with van der Waals surface area (Å²) < 4.78 is 56.8. The quantitative estimate of drug-likeness (QED) is 0.373. The van der Waals surface area contributed by atoms with Crippen LogP contribution in [0.25, 0.3) is 0 Å². The van der Waals surface area contributed by atoms with Crippen LogP contribution >= 0.6 is 0 Å². The van der Waals surface area contributed by atoms with Crippen molar-refractivity contribution in [2.45, 2.75) is 127 Å². The Bertz CT molecular complexity index is 174. The fourth-order valence-corrected chi connectivity index (χ4v) is 0. The first-order valence-electron chi connectivity index (χ1n) is 9.49. The molecule has 0 unspecified atom stereocenters. The van der Waals surface area contributed by atoms with Gasteiger partial charge in [-0.05, 0) is 89.0 Å². The van der Waals surface area contributed by atoms with Crippen LogP contribution in [-0.2, 0) is 0 Å². The Morgan fingerprint density at radius 2 is 0.500 bits per heavy atom. The fourth-order valence-electron chi connectivity index (χ4n) is 0. The predicted molar refractivity (Wildman–Crippen MR) is 108 cm³/mol. The predicted octanol–water partition coefficient (Wildman–Crippen LogP) is 9.15. The molecule has 0 fully saturated rings. The molecule has 0 rings (SSSR count). The van der Waals surface area contributed by atoms with Gasteiger partial charge in [0.2, 0.25) is 0 Å². The topological polar surface area (TPSA) is 0 Å². The summed E-state index contributed by atoms with van der Waals surface area (Å²) in [6.07, 6.45) is 0. The summed E-state index contributed by atoms with van der Waals surface area (Å²) in [4.78, 5) is 0. The van der Waals surface area contributed by atoms with Crippen molar-refractivity contribution < 1.29 is 23.4 Å². The standard InChI is InChI=1S/4C4H9F.C4H10.H2.2H/c4*1-4(2,3)5;1-4(2)3;;;/h4*1-3H3;4H,1-3H3;1H;;/q;;;;;;2*-1/i;;;;;1+1D;2*1+1. The molecule has 0 atom stereocenters. The van der Waals surface area contributed by atoms with E-state index in [9.17, 15) is 17.6 Å². The summed E-state index contributed by atoms with van der Waals surface area (Å²) in [5.74, 6) is 0.833. The van der Waals surface area contributed by atoms with E-state index in [4.69, 9.17) is 2.97 Å². The summed E-state index contributed by atoms with van der Waals surface area (Å²) in [6, 6.07) is 0. The highest BCUT2D eigenvalue weighted by Gasteiger charge is 2.03. The lowest BCUT2D eigenvalue weighted by molar-refractivity contribution is 0.245.